The molecule has 0 aliphatic carbocycles. The number of rotatable bonds is 4. The van der Waals surface area contributed by atoms with Crippen LogP contribution in [0.15, 0.2) is 35.2 Å². The van der Waals surface area contributed by atoms with Gasteiger partial charge in [0.25, 0.3) is 0 Å². The summed E-state index contributed by atoms with van der Waals surface area (Å²) in [6, 6.07) is 9.86. The smallest absolute Gasteiger partial charge is 0.354 e. The molecule has 1 aliphatic rings. The van der Waals surface area contributed by atoms with Crippen molar-refractivity contribution < 1.29 is 13.2 Å². The Bertz CT molecular complexity index is 857. The number of hydrogen-bond acceptors (Lipinski definition) is 6. The molecule has 1 saturated heterocycles. The van der Waals surface area contributed by atoms with E-state index in [0.717, 1.165) is 11.0 Å². The molecule has 0 spiro atoms. The van der Waals surface area contributed by atoms with Crippen molar-refractivity contribution in [3.05, 3.63) is 41.5 Å². The van der Waals surface area contributed by atoms with Crippen LogP contribution in [-0.2, 0) is 6.18 Å². The number of para-hydroxylation sites is 1. The molecule has 1 aromatic heterocycles. The topological polar surface area (TPSA) is 64.0 Å². The van der Waals surface area contributed by atoms with Crippen LogP contribution in [0.3, 0.4) is 0 Å². The number of nitrogens with zero attached hydrogens (tertiary/aromatic N) is 3. The van der Waals surface area contributed by atoms with E-state index >= 15 is 0 Å². The molecule has 2 N–H and O–H groups in total. The number of aromatic nitrogens is 1. The van der Waals surface area contributed by atoms with Gasteiger partial charge in [-0.05, 0) is 24.5 Å². The Hall–Kier alpha value is -2.44. The largest absolute Gasteiger partial charge is 0.417 e. The number of anilines is 3. The average Bonchev–Trinajstić information content (AvgIpc) is 2.67. The Morgan fingerprint density at radius 3 is 2.59 bits per heavy atom. The van der Waals surface area contributed by atoms with Crippen molar-refractivity contribution in [1.29, 1.82) is 5.26 Å². The van der Waals surface area contributed by atoms with Crippen molar-refractivity contribution >= 4 is 29.1 Å². The fourth-order valence-electron chi connectivity index (χ4n) is 2.89. The van der Waals surface area contributed by atoms with Gasteiger partial charge in [-0.2, -0.15) is 18.4 Å². The third-order valence-corrected chi connectivity index (χ3v) is 5.02. The summed E-state index contributed by atoms with van der Waals surface area (Å²) < 4.78 is 40.8. The molecule has 0 amide bonds. The van der Waals surface area contributed by atoms with Gasteiger partial charge in [-0.3, -0.25) is 0 Å². The second-order valence-corrected chi connectivity index (χ2v) is 6.77. The number of pyridine rings is 1. The number of thioether (sulfide) groups is 1. The number of alkyl halides is 3. The lowest BCUT2D eigenvalue weighted by molar-refractivity contribution is -0.137. The second-order valence-electron chi connectivity index (χ2n) is 5.92. The van der Waals surface area contributed by atoms with Crippen molar-refractivity contribution in [3.8, 4) is 6.07 Å². The summed E-state index contributed by atoms with van der Waals surface area (Å²) in [5.74, 6) is 0.134. The van der Waals surface area contributed by atoms with E-state index in [1.165, 1.54) is 11.8 Å². The molecule has 1 fully saturated rings. The van der Waals surface area contributed by atoms with Gasteiger partial charge in [0, 0.05) is 31.1 Å². The Kier molecular flexibility index (Phi) is 5.77. The van der Waals surface area contributed by atoms with Crippen molar-refractivity contribution in [2.45, 2.75) is 11.1 Å². The van der Waals surface area contributed by atoms with Crippen molar-refractivity contribution in [3.63, 3.8) is 0 Å². The fourth-order valence-corrected chi connectivity index (χ4v) is 3.44. The third-order valence-electron chi connectivity index (χ3n) is 4.22. The summed E-state index contributed by atoms with van der Waals surface area (Å²) in [4.78, 5) is 7.01. The second kappa shape index (κ2) is 8.06. The van der Waals surface area contributed by atoms with Gasteiger partial charge < -0.3 is 15.5 Å². The van der Waals surface area contributed by atoms with Crippen molar-refractivity contribution in [2.75, 3.05) is 42.7 Å². The summed E-state index contributed by atoms with van der Waals surface area (Å²) in [6.07, 6.45) is -2.77. The molecule has 0 bridgehead atoms. The van der Waals surface area contributed by atoms with E-state index < -0.39 is 17.3 Å². The van der Waals surface area contributed by atoms with Gasteiger partial charge in [-0.25, -0.2) is 4.98 Å². The minimum absolute atomic E-state index is 0.0812. The van der Waals surface area contributed by atoms with Crippen LogP contribution in [-0.4, -0.2) is 37.4 Å². The minimum atomic E-state index is -4.65. The highest BCUT2D eigenvalue weighted by Crippen LogP contribution is 2.38. The Balaban J connectivity index is 2.11. The first-order valence-electron chi connectivity index (χ1n) is 8.32. The van der Waals surface area contributed by atoms with Crippen LogP contribution in [0.4, 0.5) is 30.5 Å². The number of nitrogens with one attached hydrogen (secondary N) is 2. The molecule has 0 radical (unpaired) electrons. The monoisotopic (exact) mass is 393 g/mol. The molecule has 1 aromatic carbocycles. The van der Waals surface area contributed by atoms with Crippen LogP contribution in [0.1, 0.15) is 11.1 Å². The number of benzene rings is 1. The standard InChI is InChI=1S/C18H18F3N5S/c1-27-15-5-3-2-4-14(15)24-17-12(11-22)13(18(19,20)21)10-16(25-17)26-8-6-23-7-9-26/h2-5,10,23H,6-9H2,1H3,(H,24,25). The summed E-state index contributed by atoms with van der Waals surface area (Å²) in [6.45, 7) is 2.44. The SMILES string of the molecule is CSc1ccccc1Nc1nc(N2CCNCC2)cc(C(F)(F)F)c1C#N. The van der Waals surface area contributed by atoms with Gasteiger partial charge >= 0.3 is 6.18 Å². The molecule has 0 saturated carbocycles. The van der Waals surface area contributed by atoms with E-state index in [0.29, 0.717) is 31.9 Å². The molecule has 3 rings (SSSR count). The maximum absolute atomic E-state index is 13.6. The summed E-state index contributed by atoms with van der Waals surface area (Å²) in [5, 5.41) is 15.5. The van der Waals surface area contributed by atoms with Gasteiger partial charge in [0.1, 0.15) is 17.5 Å². The van der Waals surface area contributed by atoms with Crippen molar-refractivity contribution in [2.24, 2.45) is 0 Å². The molecule has 2 heterocycles. The first-order chi connectivity index (χ1) is 12.9. The maximum atomic E-state index is 13.6. The van der Waals surface area contributed by atoms with Gasteiger partial charge in [0.05, 0.1) is 11.3 Å². The highest BCUT2D eigenvalue weighted by Gasteiger charge is 2.36. The first-order valence-corrected chi connectivity index (χ1v) is 9.54. The summed E-state index contributed by atoms with van der Waals surface area (Å²) >= 11 is 1.46. The van der Waals surface area contributed by atoms with E-state index in [1.807, 2.05) is 18.4 Å². The lowest BCUT2D eigenvalue weighted by atomic mass is 10.1. The van der Waals surface area contributed by atoms with Crippen molar-refractivity contribution in [1.82, 2.24) is 10.3 Å². The zero-order valence-electron chi connectivity index (χ0n) is 14.6. The van der Waals surface area contributed by atoms with Crippen LogP contribution >= 0.6 is 11.8 Å². The predicted molar refractivity (Wildman–Crippen MR) is 101 cm³/mol. The minimum Gasteiger partial charge on any atom is -0.354 e. The van der Waals surface area contributed by atoms with E-state index in [9.17, 15) is 18.4 Å². The van der Waals surface area contributed by atoms with E-state index in [4.69, 9.17) is 0 Å². The molecule has 2 aromatic rings. The molecule has 27 heavy (non-hydrogen) atoms. The zero-order valence-corrected chi connectivity index (χ0v) is 15.4. The fraction of sp³-hybridized carbons (Fsp3) is 0.333. The van der Waals surface area contributed by atoms with Gasteiger partial charge in [0.2, 0.25) is 0 Å². The molecular weight excluding hydrogens is 375 g/mol. The zero-order chi connectivity index (χ0) is 19.4. The van der Waals surface area contributed by atoms with Gasteiger partial charge in [-0.15, -0.1) is 11.8 Å². The summed E-state index contributed by atoms with van der Waals surface area (Å²) in [5.41, 5.74) is -0.866. The molecule has 0 unspecified atom stereocenters. The normalized spacial score (nSPS) is 14.7. The van der Waals surface area contributed by atoms with Crippen LogP contribution in [0.5, 0.6) is 0 Å². The highest BCUT2D eigenvalue weighted by atomic mass is 32.2. The van der Waals surface area contributed by atoms with Crippen LogP contribution < -0.4 is 15.5 Å². The van der Waals surface area contributed by atoms with E-state index in [-0.39, 0.29) is 11.6 Å². The predicted octanol–water partition coefficient (Wildman–Crippen LogP) is 3.85. The van der Waals surface area contributed by atoms with Gasteiger partial charge in [0.15, 0.2) is 5.82 Å². The first kappa shape index (κ1) is 19.3. The van der Waals surface area contributed by atoms with E-state index in [1.54, 1.807) is 23.1 Å². The Morgan fingerprint density at radius 1 is 1.26 bits per heavy atom. The summed E-state index contributed by atoms with van der Waals surface area (Å²) in [7, 11) is 0. The number of piperazine rings is 1. The molecule has 5 nitrogen and oxygen atoms in total. The molecule has 0 atom stereocenters. The number of halogens is 3. The van der Waals surface area contributed by atoms with Crippen LogP contribution in [0.25, 0.3) is 0 Å². The van der Waals surface area contributed by atoms with Crippen LogP contribution in [0.2, 0.25) is 0 Å². The average molecular weight is 393 g/mol. The quantitative estimate of drug-likeness (QED) is 0.770. The lowest BCUT2D eigenvalue weighted by Crippen LogP contribution is -2.44. The van der Waals surface area contributed by atoms with E-state index in [2.05, 4.69) is 15.6 Å². The number of nitriles is 1. The Labute approximate surface area is 159 Å². The Morgan fingerprint density at radius 2 is 1.96 bits per heavy atom. The lowest BCUT2D eigenvalue weighted by Gasteiger charge is -2.29. The highest BCUT2D eigenvalue weighted by molar-refractivity contribution is 7.98. The number of hydrogen-bond donors (Lipinski definition) is 2. The van der Waals surface area contributed by atoms with Crippen LogP contribution in [0, 0.1) is 11.3 Å². The third kappa shape index (κ3) is 4.28. The molecule has 142 valence electrons. The van der Waals surface area contributed by atoms with Gasteiger partial charge in [-0.1, -0.05) is 12.1 Å². The molecule has 9 heteroatoms. The maximum Gasteiger partial charge on any atom is 0.417 e. The molecular formula is C18H18F3N5S. The molecule has 1 aliphatic heterocycles.